The summed E-state index contributed by atoms with van der Waals surface area (Å²) in [6.45, 7) is 1.55. The Bertz CT molecular complexity index is 427. The summed E-state index contributed by atoms with van der Waals surface area (Å²) in [6, 6.07) is 1.28. The third-order valence-corrected chi connectivity index (χ3v) is 2.20. The molecule has 0 saturated heterocycles. The lowest BCUT2D eigenvalue weighted by molar-refractivity contribution is 0.0512. The van der Waals surface area contributed by atoms with Gasteiger partial charge in [0.15, 0.2) is 0 Å². The normalized spacial score (nSPS) is 10.7. The maximum Gasteiger partial charge on any atom is 0.340 e. The van der Waals surface area contributed by atoms with Crippen molar-refractivity contribution >= 4 is 17.6 Å². The average molecular weight is 265 g/mol. The minimum absolute atomic E-state index is 0.0775. The molecule has 1 aromatic rings. The molecule has 0 aliphatic rings. The fraction of sp³-hybridized carbons (Fsp3) is 0.400. The molecule has 0 saturated carbocycles. The Kier molecular flexibility index (Phi) is 4.77. The molecule has 0 aliphatic heterocycles. The van der Waals surface area contributed by atoms with E-state index in [1.807, 2.05) is 0 Å². The van der Waals surface area contributed by atoms with Crippen LogP contribution in [0.4, 0.5) is 8.78 Å². The predicted octanol–water partition coefficient (Wildman–Crippen LogP) is 2.31. The fourth-order valence-electron chi connectivity index (χ4n) is 1.34. The van der Waals surface area contributed by atoms with Gasteiger partial charge in [0.2, 0.25) is 0 Å². The van der Waals surface area contributed by atoms with Crippen molar-refractivity contribution in [1.82, 2.24) is 4.98 Å². The van der Waals surface area contributed by atoms with Crippen LogP contribution in [-0.4, -0.2) is 17.6 Å². The second-order valence-electron chi connectivity index (χ2n) is 3.09. The van der Waals surface area contributed by atoms with Gasteiger partial charge in [-0.05, 0) is 18.6 Å². The van der Waals surface area contributed by atoms with Crippen LogP contribution in [0, 0.1) is 0 Å². The number of rotatable bonds is 4. The molecular weight excluding hydrogens is 254 g/mol. The summed E-state index contributed by atoms with van der Waals surface area (Å²) in [5, 5.41) is -0.131. The van der Waals surface area contributed by atoms with Crippen molar-refractivity contribution in [3.05, 3.63) is 28.0 Å². The highest BCUT2D eigenvalue weighted by molar-refractivity contribution is 6.29. The highest BCUT2D eigenvalue weighted by atomic mass is 35.5. The molecule has 0 radical (unpaired) electrons. The van der Waals surface area contributed by atoms with Crippen molar-refractivity contribution in [3.63, 3.8) is 0 Å². The number of hydrogen-bond acceptors (Lipinski definition) is 4. The smallest absolute Gasteiger partial charge is 0.340 e. The van der Waals surface area contributed by atoms with E-state index in [1.54, 1.807) is 6.92 Å². The number of hydrogen-bond donors (Lipinski definition) is 1. The largest absolute Gasteiger partial charge is 0.462 e. The Morgan fingerprint density at radius 2 is 2.29 bits per heavy atom. The number of nitrogens with two attached hydrogens (primary N) is 1. The van der Waals surface area contributed by atoms with Gasteiger partial charge in [-0.1, -0.05) is 11.6 Å². The van der Waals surface area contributed by atoms with Gasteiger partial charge in [-0.3, -0.25) is 0 Å². The first-order chi connectivity index (χ1) is 8.01. The van der Waals surface area contributed by atoms with E-state index in [2.05, 4.69) is 4.98 Å². The predicted molar refractivity (Wildman–Crippen MR) is 58.1 cm³/mol. The molecule has 0 aliphatic carbocycles. The van der Waals surface area contributed by atoms with Gasteiger partial charge in [0.25, 0.3) is 6.43 Å². The van der Waals surface area contributed by atoms with Gasteiger partial charge in [0.1, 0.15) is 10.8 Å². The van der Waals surface area contributed by atoms with Crippen molar-refractivity contribution in [1.29, 1.82) is 0 Å². The van der Waals surface area contributed by atoms with Crippen LogP contribution in [0.3, 0.4) is 0 Å². The molecule has 7 heteroatoms. The van der Waals surface area contributed by atoms with E-state index >= 15 is 0 Å². The average Bonchev–Trinajstić information content (AvgIpc) is 2.27. The Balaban J connectivity index is 3.36. The van der Waals surface area contributed by atoms with Crippen LogP contribution in [0.1, 0.15) is 35.0 Å². The van der Waals surface area contributed by atoms with Crippen LogP contribution in [0.5, 0.6) is 0 Å². The fourth-order valence-corrected chi connectivity index (χ4v) is 1.56. The second-order valence-corrected chi connectivity index (χ2v) is 3.48. The quantitative estimate of drug-likeness (QED) is 0.669. The third kappa shape index (κ3) is 3.10. The van der Waals surface area contributed by atoms with Crippen molar-refractivity contribution in [2.45, 2.75) is 19.9 Å². The van der Waals surface area contributed by atoms with Crippen LogP contribution >= 0.6 is 11.6 Å². The molecule has 94 valence electrons. The molecule has 0 spiro atoms. The first kappa shape index (κ1) is 13.8. The van der Waals surface area contributed by atoms with Crippen molar-refractivity contribution in [3.8, 4) is 0 Å². The SMILES string of the molecule is CCOC(=O)c1c(CN)cc(Cl)nc1C(F)F. The van der Waals surface area contributed by atoms with Gasteiger partial charge in [0, 0.05) is 6.54 Å². The lowest BCUT2D eigenvalue weighted by Crippen LogP contribution is -2.15. The minimum Gasteiger partial charge on any atom is -0.462 e. The summed E-state index contributed by atoms with van der Waals surface area (Å²) >= 11 is 5.57. The molecule has 1 heterocycles. The van der Waals surface area contributed by atoms with E-state index in [1.165, 1.54) is 6.07 Å². The molecule has 1 rings (SSSR count). The van der Waals surface area contributed by atoms with Gasteiger partial charge >= 0.3 is 5.97 Å². The Hall–Kier alpha value is -1.27. The molecule has 0 aromatic carbocycles. The van der Waals surface area contributed by atoms with Gasteiger partial charge in [-0.2, -0.15) is 0 Å². The maximum atomic E-state index is 12.8. The number of esters is 1. The molecule has 2 N–H and O–H groups in total. The van der Waals surface area contributed by atoms with Gasteiger partial charge in [-0.15, -0.1) is 0 Å². The Morgan fingerprint density at radius 1 is 1.65 bits per heavy atom. The van der Waals surface area contributed by atoms with E-state index < -0.39 is 18.1 Å². The van der Waals surface area contributed by atoms with Crippen LogP contribution in [0.15, 0.2) is 6.07 Å². The molecule has 0 fully saturated rings. The first-order valence-electron chi connectivity index (χ1n) is 4.85. The van der Waals surface area contributed by atoms with Gasteiger partial charge in [0.05, 0.1) is 12.2 Å². The summed E-state index contributed by atoms with van der Waals surface area (Å²) in [5.74, 6) is -0.868. The number of halogens is 3. The highest BCUT2D eigenvalue weighted by Crippen LogP contribution is 2.26. The number of aromatic nitrogens is 1. The summed E-state index contributed by atoms with van der Waals surface area (Å²) in [7, 11) is 0. The zero-order valence-electron chi connectivity index (χ0n) is 9.04. The molecule has 4 nitrogen and oxygen atoms in total. The van der Waals surface area contributed by atoms with Gasteiger partial charge < -0.3 is 10.5 Å². The molecule has 1 aromatic heterocycles. The van der Waals surface area contributed by atoms with Crippen LogP contribution in [-0.2, 0) is 11.3 Å². The lowest BCUT2D eigenvalue weighted by atomic mass is 10.1. The topological polar surface area (TPSA) is 65.2 Å². The Labute approximate surface area is 102 Å². The molecule has 0 amide bonds. The standard InChI is InChI=1S/C10H11ClF2N2O2/c1-2-17-10(16)7-5(4-14)3-6(11)15-8(7)9(12)13/h3,9H,2,4,14H2,1H3. The Morgan fingerprint density at radius 3 is 2.76 bits per heavy atom. The summed E-state index contributed by atoms with van der Waals surface area (Å²) in [6.07, 6.45) is -2.92. The van der Waals surface area contributed by atoms with E-state index in [0.717, 1.165) is 0 Å². The van der Waals surface area contributed by atoms with Crippen molar-refractivity contribution in [2.24, 2.45) is 5.73 Å². The molecule has 0 atom stereocenters. The summed E-state index contributed by atoms with van der Waals surface area (Å²) in [5.41, 5.74) is 4.58. The highest BCUT2D eigenvalue weighted by Gasteiger charge is 2.25. The first-order valence-corrected chi connectivity index (χ1v) is 5.23. The summed E-state index contributed by atoms with van der Waals surface area (Å²) in [4.78, 5) is 15.0. The van der Waals surface area contributed by atoms with Gasteiger partial charge in [-0.25, -0.2) is 18.6 Å². The molecular formula is C10H11ClF2N2O2. The lowest BCUT2D eigenvalue weighted by Gasteiger charge is -2.12. The number of carbonyl (C=O) groups is 1. The van der Waals surface area contributed by atoms with Crippen LogP contribution in [0.2, 0.25) is 5.15 Å². The van der Waals surface area contributed by atoms with E-state index in [4.69, 9.17) is 22.1 Å². The number of alkyl halides is 2. The minimum atomic E-state index is -2.92. The monoisotopic (exact) mass is 264 g/mol. The van der Waals surface area contributed by atoms with Crippen LogP contribution in [0.25, 0.3) is 0 Å². The third-order valence-electron chi connectivity index (χ3n) is 2.00. The molecule has 0 unspecified atom stereocenters. The number of ether oxygens (including phenoxy) is 1. The van der Waals surface area contributed by atoms with E-state index in [9.17, 15) is 13.6 Å². The number of nitrogens with zero attached hydrogens (tertiary/aromatic N) is 1. The van der Waals surface area contributed by atoms with E-state index in [-0.39, 0.29) is 29.4 Å². The number of carbonyl (C=O) groups excluding carboxylic acids is 1. The second kappa shape index (κ2) is 5.88. The summed E-state index contributed by atoms with van der Waals surface area (Å²) < 4.78 is 30.2. The molecule has 17 heavy (non-hydrogen) atoms. The van der Waals surface area contributed by atoms with E-state index in [0.29, 0.717) is 0 Å². The number of pyridine rings is 1. The molecule has 0 bridgehead atoms. The zero-order chi connectivity index (χ0) is 13.0. The van der Waals surface area contributed by atoms with Crippen molar-refractivity contribution < 1.29 is 18.3 Å². The van der Waals surface area contributed by atoms with Crippen molar-refractivity contribution in [2.75, 3.05) is 6.61 Å². The van der Waals surface area contributed by atoms with Crippen LogP contribution < -0.4 is 5.73 Å². The zero-order valence-corrected chi connectivity index (χ0v) is 9.80. The maximum absolute atomic E-state index is 12.8.